The van der Waals surface area contributed by atoms with Crippen LogP contribution in [0.2, 0.25) is 0 Å². The number of rotatable bonds is 3. The molecular weight excluding hydrogens is 178 g/mol. The summed E-state index contributed by atoms with van der Waals surface area (Å²) in [4.78, 5) is 0. The SMILES string of the molecule is Cc1c(OCC(C)C)cc[n+]([O-])c1C. The summed E-state index contributed by atoms with van der Waals surface area (Å²) in [5.74, 6) is 1.30. The molecule has 0 radical (unpaired) electrons. The van der Waals surface area contributed by atoms with Gasteiger partial charge < -0.3 is 9.94 Å². The fraction of sp³-hybridized carbons (Fsp3) is 0.545. The van der Waals surface area contributed by atoms with E-state index in [0.717, 1.165) is 16.0 Å². The van der Waals surface area contributed by atoms with Crippen LogP contribution in [0.5, 0.6) is 5.75 Å². The van der Waals surface area contributed by atoms with Crippen LogP contribution in [0.25, 0.3) is 0 Å². The fourth-order valence-electron chi connectivity index (χ4n) is 1.13. The summed E-state index contributed by atoms with van der Waals surface area (Å²) in [5, 5.41) is 11.2. The summed E-state index contributed by atoms with van der Waals surface area (Å²) >= 11 is 0. The lowest BCUT2D eigenvalue weighted by molar-refractivity contribution is -0.612. The summed E-state index contributed by atoms with van der Waals surface area (Å²) in [5.41, 5.74) is 1.62. The van der Waals surface area contributed by atoms with Gasteiger partial charge in [0.1, 0.15) is 5.75 Å². The number of pyridine rings is 1. The molecule has 3 nitrogen and oxygen atoms in total. The molecule has 0 amide bonds. The Bertz CT molecular complexity index is 321. The highest BCUT2D eigenvalue weighted by Gasteiger charge is 2.09. The van der Waals surface area contributed by atoms with Crippen LogP contribution >= 0.6 is 0 Å². The smallest absolute Gasteiger partial charge is 0.196 e. The summed E-state index contributed by atoms with van der Waals surface area (Å²) in [6.45, 7) is 8.57. The van der Waals surface area contributed by atoms with Crippen LogP contribution in [0.3, 0.4) is 0 Å². The van der Waals surface area contributed by atoms with E-state index in [4.69, 9.17) is 4.74 Å². The zero-order chi connectivity index (χ0) is 10.7. The van der Waals surface area contributed by atoms with Crippen LogP contribution in [0.1, 0.15) is 25.1 Å². The van der Waals surface area contributed by atoms with Crippen molar-refractivity contribution in [3.05, 3.63) is 28.7 Å². The summed E-state index contributed by atoms with van der Waals surface area (Å²) < 4.78 is 6.44. The molecule has 1 rings (SSSR count). The molecule has 0 aliphatic carbocycles. The first-order valence-corrected chi connectivity index (χ1v) is 4.84. The van der Waals surface area contributed by atoms with Crippen LogP contribution in [0, 0.1) is 25.0 Å². The molecule has 1 aromatic rings. The standard InChI is InChI=1S/C11H17NO2/c1-8(2)7-14-11-5-6-12(13)10(4)9(11)3/h5-6,8H,7H2,1-4H3. The zero-order valence-electron chi connectivity index (χ0n) is 9.20. The Labute approximate surface area is 84.9 Å². The highest BCUT2D eigenvalue weighted by Crippen LogP contribution is 2.18. The minimum atomic E-state index is 0.495. The minimum absolute atomic E-state index is 0.495. The molecule has 3 heteroatoms. The van der Waals surface area contributed by atoms with Gasteiger partial charge in [0, 0.05) is 13.0 Å². The minimum Gasteiger partial charge on any atom is -0.618 e. The molecule has 0 fully saturated rings. The molecule has 14 heavy (non-hydrogen) atoms. The van der Waals surface area contributed by atoms with Crippen molar-refractivity contribution in [3.63, 3.8) is 0 Å². The molecule has 1 heterocycles. The van der Waals surface area contributed by atoms with Crippen LogP contribution in [-0.4, -0.2) is 6.61 Å². The van der Waals surface area contributed by atoms with Gasteiger partial charge >= 0.3 is 0 Å². The average Bonchev–Trinajstić information content (AvgIpc) is 2.13. The highest BCUT2D eigenvalue weighted by molar-refractivity contribution is 5.31. The third kappa shape index (κ3) is 2.37. The quantitative estimate of drug-likeness (QED) is 0.546. The lowest BCUT2D eigenvalue weighted by Gasteiger charge is -2.12. The van der Waals surface area contributed by atoms with Crippen molar-refractivity contribution in [2.45, 2.75) is 27.7 Å². The Balaban J connectivity index is 2.83. The van der Waals surface area contributed by atoms with Gasteiger partial charge in [0.15, 0.2) is 11.9 Å². The van der Waals surface area contributed by atoms with Gasteiger partial charge in [-0.25, -0.2) is 0 Å². The normalized spacial score (nSPS) is 10.6. The molecule has 0 unspecified atom stereocenters. The molecule has 0 atom stereocenters. The van der Waals surface area contributed by atoms with Crippen LogP contribution in [0.15, 0.2) is 12.3 Å². The van der Waals surface area contributed by atoms with E-state index in [1.807, 2.05) is 6.92 Å². The number of nitrogens with zero attached hydrogens (tertiary/aromatic N) is 1. The van der Waals surface area contributed by atoms with Gasteiger partial charge in [-0.2, -0.15) is 4.73 Å². The molecule has 1 aromatic heterocycles. The molecule has 0 aromatic carbocycles. The monoisotopic (exact) mass is 195 g/mol. The van der Waals surface area contributed by atoms with E-state index in [0.29, 0.717) is 18.2 Å². The van der Waals surface area contributed by atoms with Gasteiger partial charge in [-0.05, 0) is 12.8 Å². The maximum atomic E-state index is 11.2. The van der Waals surface area contributed by atoms with Crippen molar-refractivity contribution in [1.82, 2.24) is 0 Å². The summed E-state index contributed by atoms with van der Waals surface area (Å²) in [7, 11) is 0. The first kappa shape index (κ1) is 10.8. The third-order valence-corrected chi connectivity index (χ3v) is 2.18. The average molecular weight is 195 g/mol. The van der Waals surface area contributed by atoms with Gasteiger partial charge in [-0.1, -0.05) is 13.8 Å². The lowest BCUT2D eigenvalue weighted by atomic mass is 10.2. The number of aromatic nitrogens is 1. The Morgan fingerprint density at radius 1 is 1.43 bits per heavy atom. The van der Waals surface area contributed by atoms with E-state index in [1.54, 1.807) is 13.0 Å². The van der Waals surface area contributed by atoms with Gasteiger partial charge in [0.05, 0.1) is 12.2 Å². The van der Waals surface area contributed by atoms with Gasteiger partial charge in [0.2, 0.25) is 0 Å². The Morgan fingerprint density at radius 2 is 2.07 bits per heavy atom. The Hall–Kier alpha value is -1.25. The molecule has 0 aliphatic rings. The Kier molecular flexibility index (Phi) is 3.33. The van der Waals surface area contributed by atoms with Gasteiger partial charge in [-0.3, -0.25) is 0 Å². The largest absolute Gasteiger partial charge is 0.618 e. The molecule has 0 spiro atoms. The van der Waals surface area contributed by atoms with Crippen molar-refractivity contribution in [3.8, 4) is 5.75 Å². The first-order chi connectivity index (χ1) is 6.52. The molecule has 0 saturated heterocycles. The number of hydrogen-bond acceptors (Lipinski definition) is 2. The predicted octanol–water partition coefficient (Wildman–Crippen LogP) is 1.97. The second-order valence-corrected chi connectivity index (χ2v) is 3.92. The molecule has 0 aliphatic heterocycles. The molecule has 0 bridgehead atoms. The first-order valence-electron chi connectivity index (χ1n) is 4.84. The maximum Gasteiger partial charge on any atom is 0.196 e. The van der Waals surface area contributed by atoms with E-state index in [-0.39, 0.29) is 0 Å². The van der Waals surface area contributed by atoms with E-state index in [1.165, 1.54) is 6.20 Å². The van der Waals surface area contributed by atoms with Crippen molar-refractivity contribution in [1.29, 1.82) is 0 Å². The van der Waals surface area contributed by atoms with E-state index in [2.05, 4.69) is 13.8 Å². The van der Waals surface area contributed by atoms with Crippen LogP contribution in [0.4, 0.5) is 0 Å². The molecular formula is C11H17NO2. The molecule has 78 valence electrons. The van der Waals surface area contributed by atoms with E-state index >= 15 is 0 Å². The number of hydrogen-bond donors (Lipinski definition) is 0. The predicted molar refractivity (Wildman–Crippen MR) is 55.2 cm³/mol. The second-order valence-electron chi connectivity index (χ2n) is 3.92. The van der Waals surface area contributed by atoms with Crippen molar-refractivity contribution in [2.75, 3.05) is 6.61 Å². The van der Waals surface area contributed by atoms with Crippen molar-refractivity contribution in [2.24, 2.45) is 5.92 Å². The van der Waals surface area contributed by atoms with Crippen LogP contribution < -0.4 is 9.47 Å². The summed E-state index contributed by atoms with van der Waals surface area (Å²) in [6, 6.07) is 1.72. The Morgan fingerprint density at radius 3 is 2.64 bits per heavy atom. The van der Waals surface area contributed by atoms with Crippen molar-refractivity contribution < 1.29 is 9.47 Å². The van der Waals surface area contributed by atoms with Gasteiger partial charge in [-0.15, -0.1) is 0 Å². The van der Waals surface area contributed by atoms with Crippen LogP contribution in [-0.2, 0) is 0 Å². The lowest BCUT2D eigenvalue weighted by Crippen LogP contribution is -2.30. The molecule has 0 saturated carbocycles. The second kappa shape index (κ2) is 4.31. The van der Waals surface area contributed by atoms with E-state index < -0.39 is 0 Å². The number of ether oxygens (including phenoxy) is 1. The van der Waals surface area contributed by atoms with E-state index in [9.17, 15) is 5.21 Å². The van der Waals surface area contributed by atoms with Crippen molar-refractivity contribution >= 4 is 0 Å². The molecule has 0 N–H and O–H groups in total. The highest BCUT2D eigenvalue weighted by atomic mass is 16.5. The zero-order valence-corrected chi connectivity index (χ0v) is 9.20. The fourth-order valence-corrected chi connectivity index (χ4v) is 1.13. The van der Waals surface area contributed by atoms with Gasteiger partial charge in [0.25, 0.3) is 0 Å². The third-order valence-electron chi connectivity index (χ3n) is 2.18. The summed E-state index contributed by atoms with van der Waals surface area (Å²) in [6.07, 6.45) is 1.48. The topological polar surface area (TPSA) is 36.2 Å². The maximum absolute atomic E-state index is 11.2.